The molecule has 0 N–H and O–H groups in total. The Labute approximate surface area is 97.6 Å². The van der Waals surface area contributed by atoms with Crippen molar-refractivity contribution < 1.29 is 4.74 Å². The SMILES string of the molecule is O=c1nc(Cl)cc2n1CC[C@H]1COCCN21. The van der Waals surface area contributed by atoms with Crippen molar-refractivity contribution in [2.75, 3.05) is 24.7 Å². The van der Waals surface area contributed by atoms with Gasteiger partial charge in [0, 0.05) is 19.2 Å². The molecule has 1 saturated heterocycles. The summed E-state index contributed by atoms with van der Waals surface area (Å²) in [6, 6.07) is 2.13. The van der Waals surface area contributed by atoms with Crippen LogP contribution in [0.2, 0.25) is 5.15 Å². The summed E-state index contributed by atoms with van der Waals surface area (Å²) >= 11 is 5.83. The minimum atomic E-state index is -0.257. The molecule has 0 spiro atoms. The van der Waals surface area contributed by atoms with Crippen LogP contribution in [0, 0.1) is 0 Å². The minimum Gasteiger partial charge on any atom is -0.377 e. The van der Waals surface area contributed by atoms with Crippen LogP contribution in [0.15, 0.2) is 10.9 Å². The van der Waals surface area contributed by atoms with Crippen molar-refractivity contribution in [2.45, 2.75) is 19.0 Å². The van der Waals surface area contributed by atoms with Crippen molar-refractivity contribution in [1.29, 1.82) is 0 Å². The highest BCUT2D eigenvalue weighted by molar-refractivity contribution is 6.29. The summed E-state index contributed by atoms with van der Waals surface area (Å²) in [6.07, 6.45) is 0.927. The van der Waals surface area contributed by atoms with E-state index in [2.05, 4.69) is 9.88 Å². The van der Waals surface area contributed by atoms with E-state index in [1.807, 2.05) is 0 Å². The summed E-state index contributed by atoms with van der Waals surface area (Å²) in [5, 5.41) is 0.267. The van der Waals surface area contributed by atoms with Crippen LogP contribution < -0.4 is 10.6 Å². The van der Waals surface area contributed by atoms with Gasteiger partial charge in [-0.25, -0.2) is 4.79 Å². The van der Waals surface area contributed by atoms with Crippen molar-refractivity contribution in [3.05, 3.63) is 21.7 Å². The number of rotatable bonds is 0. The quantitative estimate of drug-likeness (QED) is 0.621. The first-order chi connectivity index (χ1) is 7.75. The van der Waals surface area contributed by atoms with Crippen molar-refractivity contribution in [3.63, 3.8) is 0 Å². The normalized spacial score (nSPS) is 23.8. The molecule has 2 aliphatic heterocycles. The average molecular weight is 242 g/mol. The van der Waals surface area contributed by atoms with Crippen LogP contribution in [0.1, 0.15) is 6.42 Å². The number of hydrogen-bond acceptors (Lipinski definition) is 4. The number of nitrogens with zero attached hydrogens (tertiary/aromatic N) is 3. The van der Waals surface area contributed by atoms with Gasteiger partial charge in [0.15, 0.2) is 0 Å². The molecule has 2 aliphatic rings. The first-order valence-corrected chi connectivity index (χ1v) is 5.75. The highest BCUT2D eigenvalue weighted by Crippen LogP contribution is 2.26. The van der Waals surface area contributed by atoms with Crippen LogP contribution in [-0.4, -0.2) is 35.4 Å². The number of morpholine rings is 1. The number of aromatic nitrogens is 2. The molecule has 1 fully saturated rings. The fourth-order valence-corrected chi connectivity index (χ4v) is 2.56. The smallest absolute Gasteiger partial charge is 0.350 e. The molecule has 3 rings (SSSR count). The van der Waals surface area contributed by atoms with Gasteiger partial charge in [0.1, 0.15) is 11.0 Å². The predicted octanol–water partition coefficient (Wildman–Crippen LogP) is 0.506. The van der Waals surface area contributed by atoms with Crippen LogP contribution in [-0.2, 0) is 11.3 Å². The monoisotopic (exact) mass is 241 g/mol. The average Bonchev–Trinajstić information content (AvgIpc) is 2.28. The van der Waals surface area contributed by atoms with Gasteiger partial charge in [-0.2, -0.15) is 4.98 Å². The van der Waals surface area contributed by atoms with Crippen molar-refractivity contribution in [3.8, 4) is 0 Å². The highest BCUT2D eigenvalue weighted by atomic mass is 35.5. The number of fused-ring (bicyclic) bond motifs is 3. The second kappa shape index (κ2) is 3.75. The molecular formula is C10H12ClN3O2. The molecule has 6 heteroatoms. The second-order valence-electron chi connectivity index (χ2n) is 4.08. The lowest BCUT2D eigenvalue weighted by Crippen LogP contribution is -2.51. The van der Waals surface area contributed by atoms with E-state index in [1.54, 1.807) is 10.6 Å². The van der Waals surface area contributed by atoms with Gasteiger partial charge in [0.25, 0.3) is 0 Å². The molecule has 3 heterocycles. The van der Waals surface area contributed by atoms with E-state index in [9.17, 15) is 4.79 Å². The molecule has 0 aromatic carbocycles. The molecule has 1 aromatic heterocycles. The Bertz CT molecular complexity index is 474. The van der Waals surface area contributed by atoms with E-state index >= 15 is 0 Å². The summed E-state index contributed by atoms with van der Waals surface area (Å²) in [5.41, 5.74) is -0.257. The summed E-state index contributed by atoms with van der Waals surface area (Å²) in [5.74, 6) is 0.879. The lowest BCUT2D eigenvalue weighted by molar-refractivity contribution is 0.0849. The van der Waals surface area contributed by atoms with Gasteiger partial charge in [-0.05, 0) is 6.42 Å². The topological polar surface area (TPSA) is 47.4 Å². The van der Waals surface area contributed by atoms with Crippen LogP contribution >= 0.6 is 11.6 Å². The van der Waals surface area contributed by atoms with Crippen LogP contribution in [0.3, 0.4) is 0 Å². The molecule has 0 amide bonds. The van der Waals surface area contributed by atoms with E-state index in [0.717, 1.165) is 25.4 Å². The fraction of sp³-hybridized carbons (Fsp3) is 0.600. The number of anilines is 1. The highest BCUT2D eigenvalue weighted by Gasteiger charge is 2.29. The van der Waals surface area contributed by atoms with Gasteiger partial charge in [0.05, 0.1) is 19.3 Å². The fourth-order valence-electron chi connectivity index (χ4n) is 2.39. The molecule has 86 valence electrons. The molecule has 1 atom stereocenters. The molecule has 5 nitrogen and oxygen atoms in total. The van der Waals surface area contributed by atoms with E-state index in [0.29, 0.717) is 19.2 Å². The van der Waals surface area contributed by atoms with E-state index in [1.165, 1.54) is 0 Å². The first kappa shape index (κ1) is 10.1. The van der Waals surface area contributed by atoms with E-state index in [4.69, 9.17) is 16.3 Å². The predicted molar refractivity (Wildman–Crippen MR) is 60.1 cm³/mol. The lowest BCUT2D eigenvalue weighted by atomic mass is 10.1. The van der Waals surface area contributed by atoms with Gasteiger partial charge in [0.2, 0.25) is 0 Å². The Morgan fingerprint density at radius 1 is 1.50 bits per heavy atom. The van der Waals surface area contributed by atoms with Crippen LogP contribution in [0.5, 0.6) is 0 Å². The van der Waals surface area contributed by atoms with E-state index in [-0.39, 0.29) is 10.8 Å². The molecule has 16 heavy (non-hydrogen) atoms. The zero-order valence-electron chi connectivity index (χ0n) is 8.73. The Morgan fingerprint density at radius 3 is 3.25 bits per heavy atom. The van der Waals surface area contributed by atoms with Gasteiger partial charge in [-0.1, -0.05) is 11.6 Å². The second-order valence-corrected chi connectivity index (χ2v) is 4.47. The number of ether oxygens (including phenoxy) is 1. The number of hydrogen-bond donors (Lipinski definition) is 0. The van der Waals surface area contributed by atoms with Gasteiger partial charge < -0.3 is 9.64 Å². The van der Waals surface area contributed by atoms with Gasteiger partial charge >= 0.3 is 5.69 Å². The van der Waals surface area contributed by atoms with Gasteiger partial charge in [-0.15, -0.1) is 0 Å². The molecular weight excluding hydrogens is 230 g/mol. The standard InChI is InChI=1S/C10H12ClN3O2/c11-8-5-9-13-3-4-16-6-7(13)1-2-14(9)10(15)12-8/h5,7H,1-4,6H2/t7-/m0/s1. The summed E-state index contributed by atoms with van der Waals surface area (Å²) < 4.78 is 7.12. The zero-order chi connectivity index (χ0) is 11.1. The molecule has 1 aromatic rings. The third-order valence-corrected chi connectivity index (χ3v) is 3.36. The van der Waals surface area contributed by atoms with Crippen molar-refractivity contribution >= 4 is 17.4 Å². The Balaban J connectivity index is 2.10. The molecule has 0 aliphatic carbocycles. The molecule has 0 bridgehead atoms. The third-order valence-electron chi connectivity index (χ3n) is 3.17. The molecule has 0 saturated carbocycles. The molecule has 0 radical (unpaired) electrons. The Hall–Kier alpha value is -1.07. The van der Waals surface area contributed by atoms with Crippen molar-refractivity contribution in [1.82, 2.24) is 9.55 Å². The van der Waals surface area contributed by atoms with Crippen molar-refractivity contribution in [2.24, 2.45) is 0 Å². The zero-order valence-corrected chi connectivity index (χ0v) is 9.48. The summed E-state index contributed by atoms with van der Waals surface area (Å²) in [4.78, 5) is 17.6. The Morgan fingerprint density at radius 2 is 2.38 bits per heavy atom. The van der Waals surface area contributed by atoms with Crippen LogP contribution in [0.25, 0.3) is 0 Å². The van der Waals surface area contributed by atoms with Crippen LogP contribution in [0.4, 0.5) is 5.82 Å². The molecule has 0 unspecified atom stereocenters. The largest absolute Gasteiger partial charge is 0.377 e. The first-order valence-electron chi connectivity index (χ1n) is 5.37. The summed E-state index contributed by atoms with van der Waals surface area (Å²) in [7, 11) is 0. The maximum atomic E-state index is 11.7. The van der Waals surface area contributed by atoms with E-state index < -0.39 is 0 Å². The number of halogens is 1. The maximum Gasteiger partial charge on any atom is 0.350 e. The lowest BCUT2D eigenvalue weighted by Gasteiger charge is -2.41. The van der Waals surface area contributed by atoms with Gasteiger partial charge in [-0.3, -0.25) is 4.57 Å². The minimum absolute atomic E-state index is 0.257. The Kier molecular flexibility index (Phi) is 2.37. The summed E-state index contributed by atoms with van der Waals surface area (Å²) in [6.45, 7) is 2.94. The maximum absolute atomic E-state index is 11.7. The third kappa shape index (κ3) is 1.51.